The van der Waals surface area contributed by atoms with Gasteiger partial charge in [0.1, 0.15) is 11.3 Å². The van der Waals surface area contributed by atoms with Crippen LogP contribution in [0.4, 0.5) is 0 Å². The van der Waals surface area contributed by atoms with Crippen LogP contribution < -0.4 is 4.74 Å². The molecule has 7 heteroatoms. The van der Waals surface area contributed by atoms with E-state index in [2.05, 4.69) is 33.4 Å². The molecule has 0 spiro atoms. The number of methoxy groups -OCH3 is 1. The lowest BCUT2D eigenvalue weighted by molar-refractivity contribution is -0.0671. The van der Waals surface area contributed by atoms with Crippen molar-refractivity contribution in [1.82, 2.24) is 24.9 Å². The summed E-state index contributed by atoms with van der Waals surface area (Å²) in [5.41, 5.74) is 3.03. The number of piperidine rings is 1. The molecule has 0 amide bonds. The van der Waals surface area contributed by atoms with Gasteiger partial charge in [0.15, 0.2) is 0 Å². The van der Waals surface area contributed by atoms with E-state index in [0.29, 0.717) is 6.61 Å². The third-order valence-corrected chi connectivity index (χ3v) is 5.36. The van der Waals surface area contributed by atoms with E-state index in [4.69, 9.17) is 14.5 Å². The van der Waals surface area contributed by atoms with Gasteiger partial charge in [0.05, 0.1) is 43.4 Å². The van der Waals surface area contributed by atoms with Crippen molar-refractivity contribution in [3.63, 3.8) is 0 Å². The lowest BCUT2D eigenvalue weighted by Gasteiger charge is -2.40. The molecule has 1 saturated heterocycles. The molecule has 0 bridgehead atoms. The van der Waals surface area contributed by atoms with Crippen LogP contribution in [0.1, 0.15) is 23.9 Å². The highest BCUT2D eigenvalue weighted by Crippen LogP contribution is 2.31. The zero-order valence-electron chi connectivity index (χ0n) is 14.7. The van der Waals surface area contributed by atoms with Crippen molar-refractivity contribution in [2.75, 3.05) is 20.2 Å². The normalized spacial score (nSPS) is 22.8. The molecular formula is C19H21N5O2. The standard InChI is InChI=1S/C19H21N5O2/c1-25-18-4-2-3-13-5-6-14(21-19(13)18)10-23-8-7-17-16(11-23)24-15(12-26-17)9-20-22-24/h2-6,9,16-17H,7-8,10-12H2,1H3/t16-,17-/m1/s1. The van der Waals surface area contributed by atoms with E-state index in [1.54, 1.807) is 13.3 Å². The molecule has 7 nitrogen and oxygen atoms in total. The summed E-state index contributed by atoms with van der Waals surface area (Å²) in [5, 5.41) is 9.42. The van der Waals surface area contributed by atoms with Gasteiger partial charge in [0.2, 0.25) is 0 Å². The molecular weight excluding hydrogens is 330 g/mol. The fourth-order valence-electron chi connectivity index (χ4n) is 4.03. The largest absolute Gasteiger partial charge is 0.494 e. The smallest absolute Gasteiger partial charge is 0.145 e. The Morgan fingerprint density at radius 2 is 2.23 bits per heavy atom. The summed E-state index contributed by atoms with van der Waals surface area (Å²) in [6.07, 6.45) is 3.03. The molecule has 26 heavy (non-hydrogen) atoms. The van der Waals surface area contributed by atoms with Crippen LogP contribution in [-0.4, -0.2) is 51.2 Å². The number of para-hydroxylation sites is 1. The first-order chi connectivity index (χ1) is 12.8. The third kappa shape index (κ3) is 2.64. The fraction of sp³-hybridized carbons (Fsp3) is 0.421. The van der Waals surface area contributed by atoms with Crippen molar-refractivity contribution >= 4 is 10.9 Å². The van der Waals surface area contributed by atoms with Crippen LogP contribution in [0.3, 0.4) is 0 Å². The summed E-state index contributed by atoms with van der Waals surface area (Å²) in [6.45, 7) is 3.31. The maximum atomic E-state index is 5.99. The van der Waals surface area contributed by atoms with E-state index in [0.717, 1.165) is 54.1 Å². The third-order valence-electron chi connectivity index (χ3n) is 5.36. The number of ether oxygens (including phenoxy) is 2. The number of pyridine rings is 1. The second kappa shape index (κ2) is 6.34. The Labute approximate surface area is 151 Å². The van der Waals surface area contributed by atoms with E-state index >= 15 is 0 Å². The summed E-state index contributed by atoms with van der Waals surface area (Å²) in [6, 6.07) is 10.5. The number of nitrogens with zero attached hydrogens (tertiary/aromatic N) is 5. The molecule has 134 valence electrons. The Morgan fingerprint density at radius 3 is 3.15 bits per heavy atom. The minimum atomic E-state index is 0.227. The van der Waals surface area contributed by atoms with Crippen molar-refractivity contribution < 1.29 is 9.47 Å². The van der Waals surface area contributed by atoms with E-state index < -0.39 is 0 Å². The SMILES string of the molecule is COc1cccc2ccc(CN3CC[C@H]4OCc5cnnn5[C@@H]4C3)nc12. The predicted molar refractivity (Wildman–Crippen MR) is 95.8 cm³/mol. The lowest BCUT2D eigenvalue weighted by atomic mass is 10.00. The first-order valence-corrected chi connectivity index (χ1v) is 8.97. The first-order valence-electron chi connectivity index (χ1n) is 8.97. The average molecular weight is 351 g/mol. The van der Waals surface area contributed by atoms with Crippen molar-refractivity contribution in [1.29, 1.82) is 0 Å². The first kappa shape index (κ1) is 15.7. The average Bonchev–Trinajstić information content (AvgIpc) is 3.17. The highest BCUT2D eigenvalue weighted by atomic mass is 16.5. The molecule has 1 fully saturated rings. The number of rotatable bonds is 3. The molecule has 2 aliphatic heterocycles. The van der Waals surface area contributed by atoms with Gasteiger partial charge in [0, 0.05) is 25.0 Å². The monoisotopic (exact) mass is 351 g/mol. The molecule has 2 atom stereocenters. The molecule has 2 aromatic heterocycles. The zero-order valence-corrected chi connectivity index (χ0v) is 14.7. The van der Waals surface area contributed by atoms with Gasteiger partial charge in [-0.05, 0) is 18.6 Å². The maximum absolute atomic E-state index is 5.99. The molecule has 4 heterocycles. The van der Waals surface area contributed by atoms with Crippen LogP contribution in [0.2, 0.25) is 0 Å². The number of hydrogen-bond donors (Lipinski definition) is 0. The summed E-state index contributed by atoms with van der Waals surface area (Å²) in [4.78, 5) is 7.27. The Morgan fingerprint density at radius 1 is 1.27 bits per heavy atom. The van der Waals surface area contributed by atoms with E-state index in [1.165, 1.54) is 0 Å². The Bertz CT molecular complexity index is 941. The second-order valence-corrected chi connectivity index (χ2v) is 6.95. The van der Waals surface area contributed by atoms with Crippen LogP contribution in [0.5, 0.6) is 5.75 Å². The Kier molecular flexibility index (Phi) is 3.83. The van der Waals surface area contributed by atoms with Crippen LogP contribution in [0, 0.1) is 0 Å². The highest BCUT2D eigenvalue weighted by Gasteiger charge is 2.36. The highest BCUT2D eigenvalue weighted by molar-refractivity contribution is 5.84. The molecule has 0 unspecified atom stereocenters. The fourth-order valence-corrected chi connectivity index (χ4v) is 4.03. The van der Waals surface area contributed by atoms with Gasteiger partial charge in [-0.15, -0.1) is 5.10 Å². The minimum Gasteiger partial charge on any atom is -0.494 e. The quantitative estimate of drug-likeness (QED) is 0.721. The van der Waals surface area contributed by atoms with Gasteiger partial charge in [-0.3, -0.25) is 4.90 Å². The van der Waals surface area contributed by atoms with Crippen LogP contribution in [0.25, 0.3) is 10.9 Å². The maximum Gasteiger partial charge on any atom is 0.145 e. The number of fused-ring (bicyclic) bond motifs is 4. The topological polar surface area (TPSA) is 65.3 Å². The van der Waals surface area contributed by atoms with Crippen molar-refractivity contribution in [2.24, 2.45) is 0 Å². The van der Waals surface area contributed by atoms with Crippen LogP contribution in [-0.2, 0) is 17.9 Å². The van der Waals surface area contributed by atoms with Gasteiger partial charge in [0.25, 0.3) is 0 Å². The second-order valence-electron chi connectivity index (χ2n) is 6.95. The summed E-state index contributed by atoms with van der Waals surface area (Å²) in [5.74, 6) is 0.816. The van der Waals surface area contributed by atoms with Crippen LogP contribution in [0.15, 0.2) is 36.5 Å². The summed E-state index contributed by atoms with van der Waals surface area (Å²) < 4.78 is 13.5. The van der Waals surface area contributed by atoms with E-state index in [-0.39, 0.29) is 12.1 Å². The Hall–Kier alpha value is -2.51. The summed E-state index contributed by atoms with van der Waals surface area (Å²) in [7, 11) is 1.69. The van der Waals surface area contributed by atoms with Gasteiger partial charge in [-0.25, -0.2) is 9.67 Å². The predicted octanol–water partition coefficient (Wildman–Crippen LogP) is 2.18. The van der Waals surface area contributed by atoms with E-state index in [1.807, 2.05) is 16.8 Å². The number of likely N-dealkylation sites (tertiary alicyclic amines) is 1. The molecule has 0 radical (unpaired) electrons. The zero-order chi connectivity index (χ0) is 17.5. The molecule has 3 aromatic rings. The van der Waals surface area contributed by atoms with Crippen LogP contribution >= 0.6 is 0 Å². The van der Waals surface area contributed by atoms with Gasteiger partial charge in [-0.1, -0.05) is 23.4 Å². The summed E-state index contributed by atoms with van der Waals surface area (Å²) >= 11 is 0. The molecule has 0 N–H and O–H groups in total. The Balaban J connectivity index is 1.38. The number of benzene rings is 1. The van der Waals surface area contributed by atoms with Gasteiger partial charge >= 0.3 is 0 Å². The molecule has 2 aliphatic rings. The minimum absolute atomic E-state index is 0.227. The van der Waals surface area contributed by atoms with Crippen molar-refractivity contribution in [3.8, 4) is 5.75 Å². The van der Waals surface area contributed by atoms with Gasteiger partial charge in [-0.2, -0.15) is 0 Å². The number of aromatic nitrogens is 4. The van der Waals surface area contributed by atoms with Crippen molar-refractivity contribution in [3.05, 3.63) is 47.9 Å². The van der Waals surface area contributed by atoms with Gasteiger partial charge < -0.3 is 9.47 Å². The lowest BCUT2D eigenvalue weighted by Crippen LogP contribution is -2.47. The van der Waals surface area contributed by atoms with Crippen molar-refractivity contribution in [2.45, 2.75) is 31.7 Å². The number of hydrogen-bond acceptors (Lipinski definition) is 6. The molecule has 5 rings (SSSR count). The van der Waals surface area contributed by atoms with E-state index in [9.17, 15) is 0 Å². The molecule has 0 aliphatic carbocycles. The molecule has 1 aromatic carbocycles. The molecule has 0 saturated carbocycles.